The molecule has 1 rings (SSSR count). The molecule has 0 radical (unpaired) electrons. The minimum Gasteiger partial charge on any atom is -0.329 e. The van der Waals surface area contributed by atoms with Gasteiger partial charge >= 0.3 is 0 Å². The van der Waals surface area contributed by atoms with Crippen molar-refractivity contribution in [3.8, 4) is 0 Å². The van der Waals surface area contributed by atoms with E-state index in [4.69, 9.17) is 5.73 Å². The Morgan fingerprint density at radius 1 is 1.70 bits per heavy atom. The van der Waals surface area contributed by atoms with Crippen molar-refractivity contribution in [2.45, 2.75) is 38.8 Å². The fourth-order valence-corrected chi connectivity index (χ4v) is 1.34. The molecule has 0 bridgehead atoms. The Balaban J connectivity index is 2.05. The van der Waals surface area contributed by atoms with Crippen LogP contribution in [0.15, 0.2) is 0 Å². The van der Waals surface area contributed by atoms with Gasteiger partial charge in [-0.15, -0.1) is 0 Å². The zero-order chi connectivity index (χ0) is 7.56. The average Bonchev–Trinajstić information content (AvgIpc) is 2.67. The van der Waals surface area contributed by atoms with E-state index in [2.05, 4.69) is 19.2 Å². The summed E-state index contributed by atoms with van der Waals surface area (Å²) < 4.78 is 0. The second-order valence-corrected chi connectivity index (χ2v) is 3.31. The Hall–Kier alpha value is -0.0800. The third-order valence-electron chi connectivity index (χ3n) is 2.30. The maximum Gasteiger partial charge on any atom is 0.0164 e. The molecule has 1 fully saturated rings. The van der Waals surface area contributed by atoms with E-state index < -0.39 is 0 Å². The molecule has 0 aromatic heterocycles. The van der Waals surface area contributed by atoms with Crippen molar-refractivity contribution in [3.63, 3.8) is 0 Å². The lowest BCUT2D eigenvalue weighted by molar-refractivity contribution is 0.526. The van der Waals surface area contributed by atoms with Crippen LogP contribution in [0.2, 0.25) is 0 Å². The molecule has 0 amide bonds. The van der Waals surface area contributed by atoms with Crippen LogP contribution in [-0.4, -0.2) is 18.6 Å². The van der Waals surface area contributed by atoms with Crippen LogP contribution in [0.4, 0.5) is 0 Å². The van der Waals surface area contributed by atoms with Crippen molar-refractivity contribution in [2.24, 2.45) is 11.7 Å². The lowest BCUT2D eigenvalue weighted by Crippen LogP contribution is -2.35. The number of rotatable bonds is 4. The van der Waals surface area contributed by atoms with Crippen LogP contribution in [0.25, 0.3) is 0 Å². The lowest BCUT2D eigenvalue weighted by Gasteiger charge is -2.09. The molecule has 0 heterocycles. The Morgan fingerprint density at radius 2 is 2.40 bits per heavy atom. The highest BCUT2D eigenvalue weighted by molar-refractivity contribution is 4.93. The van der Waals surface area contributed by atoms with Crippen molar-refractivity contribution >= 4 is 0 Å². The van der Waals surface area contributed by atoms with Gasteiger partial charge < -0.3 is 11.1 Å². The molecule has 3 unspecified atom stereocenters. The fraction of sp³-hybridized carbons (Fsp3) is 1.00. The summed E-state index contributed by atoms with van der Waals surface area (Å²) in [5.41, 5.74) is 5.47. The summed E-state index contributed by atoms with van der Waals surface area (Å²) in [7, 11) is 0. The van der Waals surface area contributed by atoms with E-state index in [0.717, 1.165) is 18.5 Å². The van der Waals surface area contributed by atoms with Crippen LogP contribution in [0.1, 0.15) is 26.7 Å². The van der Waals surface area contributed by atoms with Gasteiger partial charge in [0.05, 0.1) is 0 Å². The first-order chi connectivity index (χ1) is 4.77. The van der Waals surface area contributed by atoms with Gasteiger partial charge in [0.15, 0.2) is 0 Å². The number of hydrogen-bond acceptors (Lipinski definition) is 2. The largest absolute Gasteiger partial charge is 0.329 e. The van der Waals surface area contributed by atoms with Gasteiger partial charge in [0.2, 0.25) is 0 Å². The van der Waals surface area contributed by atoms with Crippen LogP contribution < -0.4 is 11.1 Å². The number of nitrogens with one attached hydrogen (secondary N) is 1. The predicted molar refractivity (Wildman–Crippen MR) is 43.8 cm³/mol. The van der Waals surface area contributed by atoms with Gasteiger partial charge in [0.1, 0.15) is 0 Å². The standard InChI is InChI=1S/C8H18N2/c1-3-7-4-8(7)10-6(2)5-9/h6-8,10H,3-5,9H2,1-2H3. The average molecular weight is 142 g/mol. The highest BCUT2D eigenvalue weighted by Crippen LogP contribution is 2.33. The second-order valence-electron chi connectivity index (χ2n) is 3.31. The normalized spacial score (nSPS) is 33.9. The summed E-state index contributed by atoms with van der Waals surface area (Å²) in [6.45, 7) is 5.15. The molecule has 3 atom stereocenters. The van der Waals surface area contributed by atoms with Crippen molar-refractivity contribution < 1.29 is 0 Å². The van der Waals surface area contributed by atoms with Gasteiger partial charge in [-0.25, -0.2) is 0 Å². The van der Waals surface area contributed by atoms with Gasteiger partial charge in [-0.1, -0.05) is 13.3 Å². The van der Waals surface area contributed by atoms with Crippen LogP contribution in [0.3, 0.4) is 0 Å². The first-order valence-electron chi connectivity index (χ1n) is 4.24. The molecule has 0 aromatic carbocycles. The minimum absolute atomic E-state index is 0.501. The van der Waals surface area contributed by atoms with E-state index >= 15 is 0 Å². The van der Waals surface area contributed by atoms with E-state index in [9.17, 15) is 0 Å². The molecule has 0 saturated heterocycles. The second kappa shape index (κ2) is 3.35. The van der Waals surface area contributed by atoms with Crippen LogP contribution in [0.5, 0.6) is 0 Å². The Labute approximate surface area is 63.2 Å². The monoisotopic (exact) mass is 142 g/mol. The van der Waals surface area contributed by atoms with E-state index in [1.54, 1.807) is 0 Å². The third kappa shape index (κ3) is 1.96. The number of hydrogen-bond donors (Lipinski definition) is 2. The first kappa shape index (κ1) is 8.02. The first-order valence-corrected chi connectivity index (χ1v) is 4.24. The summed E-state index contributed by atoms with van der Waals surface area (Å²) in [6.07, 6.45) is 2.68. The van der Waals surface area contributed by atoms with Crippen LogP contribution in [0, 0.1) is 5.92 Å². The molecule has 0 aromatic rings. The van der Waals surface area contributed by atoms with Gasteiger partial charge in [0.25, 0.3) is 0 Å². The maximum atomic E-state index is 5.47. The molecule has 60 valence electrons. The fourth-order valence-electron chi connectivity index (χ4n) is 1.34. The molecule has 0 aliphatic heterocycles. The zero-order valence-electron chi connectivity index (χ0n) is 6.93. The van der Waals surface area contributed by atoms with Crippen molar-refractivity contribution in [1.29, 1.82) is 0 Å². The van der Waals surface area contributed by atoms with E-state index in [1.807, 2.05) is 0 Å². The van der Waals surface area contributed by atoms with Crippen LogP contribution >= 0.6 is 0 Å². The molecular formula is C8H18N2. The summed E-state index contributed by atoms with van der Waals surface area (Å²) in [6, 6.07) is 1.28. The summed E-state index contributed by atoms with van der Waals surface area (Å²) >= 11 is 0. The Bertz CT molecular complexity index is 103. The molecule has 2 heteroatoms. The van der Waals surface area contributed by atoms with Gasteiger partial charge in [0, 0.05) is 18.6 Å². The summed E-state index contributed by atoms with van der Waals surface area (Å²) in [5, 5.41) is 3.48. The lowest BCUT2D eigenvalue weighted by atomic mass is 10.3. The summed E-state index contributed by atoms with van der Waals surface area (Å²) in [5.74, 6) is 0.939. The van der Waals surface area contributed by atoms with E-state index in [0.29, 0.717) is 6.04 Å². The van der Waals surface area contributed by atoms with Crippen molar-refractivity contribution in [1.82, 2.24) is 5.32 Å². The van der Waals surface area contributed by atoms with Gasteiger partial charge in [-0.2, -0.15) is 0 Å². The van der Waals surface area contributed by atoms with E-state index in [-0.39, 0.29) is 0 Å². The van der Waals surface area contributed by atoms with Gasteiger partial charge in [-0.3, -0.25) is 0 Å². The highest BCUT2D eigenvalue weighted by atomic mass is 15.0. The molecule has 3 N–H and O–H groups in total. The quantitative estimate of drug-likeness (QED) is 0.607. The van der Waals surface area contributed by atoms with Crippen molar-refractivity contribution in [3.05, 3.63) is 0 Å². The molecular weight excluding hydrogens is 124 g/mol. The maximum absolute atomic E-state index is 5.47. The van der Waals surface area contributed by atoms with Gasteiger partial charge in [-0.05, 0) is 19.3 Å². The molecule has 10 heavy (non-hydrogen) atoms. The predicted octanol–water partition coefficient (Wildman–Crippen LogP) is 0.722. The Kier molecular flexibility index (Phi) is 2.69. The third-order valence-corrected chi connectivity index (χ3v) is 2.30. The molecule has 1 aliphatic rings. The smallest absolute Gasteiger partial charge is 0.0164 e. The van der Waals surface area contributed by atoms with E-state index in [1.165, 1.54) is 12.8 Å². The van der Waals surface area contributed by atoms with Crippen molar-refractivity contribution in [2.75, 3.05) is 6.54 Å². The number of nitrogens with two attached hydrogens (primary N) is 1. The molecule has 1 aliphatic carbocycles. The van der Waals surface area contributed by atoms with Crippen LogP contribution in [-0.2, 0) is 0 Å². The Morgan fingerprint density at radius 3 is 2.80 bits per heavy atom. The summed E-state index contributed by atoms with van der Waals surface area (Å²) in [4.78, 5) is 0. The SMILES string of the molecule is CCC1CC1NC(C)CN. The molecule has 2 nitrogen and oxygen atoms in total. The topological polar surface area (TPSA) is 38.0 Å². The minimum atomic E-state index is 0.501. The zero-order valence-corrected chi connectivity index (χ0v) is 6.93. The highest BCUT2D eigenvalue weighted by Gasteiger charge is 2.35. The molecule has 0 spiro atoms. The molecule has 1 saturated carbocycles.